The Balaban J connectivity index is 2.63. The second-order valence-corrected chi connectivity index (χ2v) is 5.74. The zero-order valence-electron chi connectivity index (χ0n) is 11.9. The fourth-order valence-electron chi connectivity index (χ4n) is 1.32. The van der Waals surface area contributed by atoms with Crippen LogP contribution in [0.5, 0.6) is 0 Å². The van der Waals surface area contributed by atoms with Crippen LogP contribution in [0.15, 0.2) is 29.2 Å². The molecule has 0 bridgehead atoms. The maximum absolute atomic E-state index is 11.9. The summed E-state index contributed by atoms with van der Waals surface area (Å²) < 4.78 is 28.4. The van der Waals surface area contributed by atoms with Crippen LogP contribution in [0.3, 0.4) is 0 Å². The van der Waals surface area contributed by atoms with Gasteiger partial charge in [-0.2, -0.15) is 0 Å². The van der Waals surface area contributed by atoms with Crippen molar-refractivity contribution in [2.75, 3.05) is 20.3 Å². The molecule has 0 saturated heterocycles. The van der Waals surface area contributed by atoms with E-state index in [-0.39, 0.29) is 23.7 Å². The molecular formula is C11H14N4O7S. The second-order valence-electron chi connectivity index (χ2n) is 4.06. The summed E-state index contributed by atoms with van der Waals surface area (Å²) in [5.41, 5.74) is 1.44. The van der Waals surface area contributed by atoms with Crippen molar-refractivity contribution in [2.45, 2.75) is 4.90 Å². The van der Waals surface area contributed by atoms with Crippen molar-refractivity contribution in [2.24, 2.45) is 0 Å². The molecule has 0 radical (unpaired) electrons. The van der Waals surface area contributed by atoms with Gasteiger partial charge in [-0.15, -0.1) is 4.83 Å². The van der Waals surface area contributed by atoms with E-state index in [9.17, 15) is 28.1 Å². The Hall–Kier alpha value is -2.57. The van der Waals surface area contributed by atoms with Gasteiger partial charge in [0, 0.05) is 25.8 Å². The maximum atomic E-state index is 11.9. The molecule has 126 valence electrons. The lowest BCUT2D eigenvalue weighted by molar-refractivity contribution is -0.384. The number of non-ortho nitro benzene ring substituents is 1. The first-order chi connectivity index (χ1) is 10.8. The number of hydrazine groups is 1. The monoisotopic (exact) mass is 346 g/mol. The number of nitrogens with zero attached hydrogens (tertiary/aromatic N) is 1. The number of ether oxygens (including phenoxy) is 1. The highest BCUT2D eigenvalue weighted by Crippen LogP contribution is 2.15. The highest BCUT2D eigenvalue weighted by molar-refractivity contribution is 7.89. The van der Waals surface area contributed by atoms with E-state index >= 15 is 0 Å². The van der Waals surface area contributed by atoms with Crippen molar-refractivity contribution in [1.82, 2.24) is 15.6 Å². The van der Waals surface area contributed by atoms with Gasteiger partial charge in [0.1, 0.15) is 0 Å². The zero-order valence-corrected chi connectivity index (χ0v) is 12.8. The number of rotatable bonds is 7. The molecule has 11 nitrogen and oxygen atoms in total. The van der Waals surface area contributed by atoms with Crippen LogP contribution in [0.1, 0.15) is 0 Å². The number of carbonyl (C=O) groups is 2. The lowest BCUT2D eigenvalue weighted by Gasteiger charge is -2.08. The van der Waals surface area contributed by atoms with E-state index < -0.39 is 26.8 Å². The van der Waals surface area contributed by atoms with Gasteiger partial charge in [-0.3, -0.25) is 25.1 Å². The van der Waals surface area contributed by atoms with Crippen LogP contribution < -0.4 is 15.6 Å². The van der Waals surface area contributed by atoms with Gasteiger partial charge in [0.25, 0.3) is 15.7 Å². The third kappa shape index (κ3) is 5.61. The number of sulfonamides is 1. The Morgan fingerprint density at radius 3 is 2.35 bits per heavy atom. The van der Waals surface area contributed by atoms with E-state index in [2.05, 4.69) is 10.1 Å². The lowest BCUT2D eigenvalue weighted by Crippen LogP contribution is -2.48. The van der Waals surface area contributed by atoms with Gasteiger partial charge in [0.15, 0.2) is 0 Å². The van der Waals surface area contributed by atoms with E-state index in [0.29, 0.717) is 0 Å². The van der Waals surface area contributed by atoms with Gasteiger partial charge in [-0.25, -0.2) is 8.42 Å². The summed E-state index contributed by atoms with van der Waals surface area (Å²) in [4.78, 5) is 33.9. The molecule has 12 heteroatoms. The molecule has 1 aromatic carbocycles. The fraction of sp³-hybridized carbons (Fsp3) is 0.273. The van der Waals surface area contributed by atoms with Gasteiger partial charge in [0.05, 0.1) is 16.4 Å². The van der Waals surface area contributed by atoms with E-state index in [1.54, 1.807) is 10.3 Å². The number of nitrogens with one attached hydrogen (secondary N) is 3. The zero-order chi connectivity index (χ0) is 17.5. The SMILES string of the molecule is COCCNC(=O)C(=O)NNS(=O)(=O)c1ccc([N+](=O)[O-])cc1. The summed E-state index contributed by atoms with van der Waals surface area (Å²) in [6, 6.07) is 3.97. The van der Waals surface area contributed by atoms with Crippen LogP contribution in [0.25, 0.3) is 0 Å². The van der Waals surface area contributed by atoms with Crippen molar-refractivity contribution in [1.29, 1.82) is 0 Å². The largest absolute Gasteiger partial charge is 0.383 e. The molecule has 0 aliphatic rings. The minimum absolute atomic E-state index is 0.0812. The summed E-state index contributed by atoms with van der Waals surface area (Å²) in [6.07, 6.45) is 0. The third-order valence-corrected chi connectivity index (χ3v) is 3.72. The number of nitro benzene ring substituents is 1. The summed E-state index contributed by atoms with van der Waals surface area (Å²) >= 11 is 0. The van der Waals surface area contributed by atoms with E-state index in [1.165, 1.54) is 7.11 Å². The molecule has 0 heterocycles. The smallest absolute Gasteiger partial charge is 0.324 e. The quantitative estimate of drug-likeness (QED) is 0.239. The number of carbonyl (C=O) groups excluding carboxylic acids is 2. The highest BCUT2D eigenvalue weighted by atomic mass is 32.2. The van der Waals surface area contributed by atoms with Gasteiger partial charge < -0.3 is 10.1 Å². The van der Waals surface area contributed by atoms with Crippen LogP contribution in [0, 0.1) is 10.1 Å². The van der Waals surface area contributed by atoms with E-state index in [0.717, 1.165) is 24.3 Å². The molecule has 0 aromatic heterocycles. The standard InChI is InChI=1S/C11H14N4O7S/c1-22-7-6-12-10(16)11(17)13-14-23(20,21)9-4-2-8(3-5-9)15(18)19/h2-5,14H,6-7H2,1H3,(H,12,16)(H,13,17). The molecule has 0 unspecified atom stereocenters. The van der Waals surface area contributed by atoms with Crippen molar-refractivity contribution in [3.63, 3.8) is 0 Å². The van der Waals surface area contributed by atoms with Crippen LogP contribution in [-0.2, 0) is 24.3 Å². The lowest BCUT2D eigenvalue weighted by atomic mass is 10.3. The number of amides is 2. The fourth-order valence-corrected chi connectivity index (χ4v) is 2.16. The summed E-state index contributed by atoms with van der Waals surface area (Å²) in [7, 11) is -2.76. The van der Waals surface area contributed by atoms with Crippen molar-refractivity contribution >= 4 is 27.5 Å². The number of hydrogen-bond acceptors (Lipinski definition) is 7. The first-order valence-corrected chi connectivity index (χ1v) is 7.59. The summed E-state index contributed by atoms with van der Waals surface area (Å²) in [6.45, 7) is 0.269. The molecule has 0 saturated carbocycles. The van der Waals surface area contributed by atoms with Crippen LogP contribution in [0.2, 0.25) is 0 Å². The molecule has 1 aromatic rings. The average Bonchev–Trinajstić information content (AvgIpc) is 2.52. The number of hydrogen-bond donors (Lipinski definition) is 3. The Bertz CT molecular complexity index is 687. The minimum Gasteiger partial charge on any atom is -0.383 e. The molecule has 0 atom stereocenters. The predicted octanol–water partition coefficient (Wildman–Crippen LogP) is -1.33. The minimum atomic E-state index is -4.17. The predicted molar refractivity (Wildman–Crippen MR) is 76.4 cm³/mol. The van der Waals surface area contributed by atoms with Crippen LogP contribution in [-0.4, -0.2) is 45.4 Å². The van der Waals surface area contributed by atoms with E-state index in [1.807, 2.05) is 0 Å². The molecule has 0 aliphatic carbocycles. The van der Waals surface area contributed by atoms with E-state index in [4.69, 9.17) is 0 Å². The third-order valence-electron chi connectivity index (χ3n) is 2.45. The maximum Gasteiger partial charge on any atom is 0.324 e. The molecule has 0 fully saturated rings. The molecular weight excluding hydrogens is 332 g/mol. The van der Waals surface area contributed by atoms with Gasteiger partial charge in [-0.1, -0.05) is 0 Å². The first kappa shape index (κ1) is 18.5. The van der Waals surface area contributed by atoms with Gasteiger partial charge >= 0.3 is 11.8 Å². The Morgan fingerprint density at radius 1 is 1.22 bits per heavy atom. The van der Waals surface area contributed by atoms with Crippen LogP contribution in [0.4, 0.5) is 5.69 Å². The Labute approximate surface area is 131 Å². The highest BCUT2D eigenvalue weighted by Gasteiger charge is 2.19. The number of benzene rings is 1. The van der Waals surface area contributed by atoms with Crippen LogP contribution >= 0.6 is 0 Å². The molecule has 0 aliphatic heterocycles. The molecule has 3 N–H and O–H groups in total. The normalized spacial score (nSPS) is 10.8. The Kier molecular flexibility index (Phi) is 6.56. The van der Waals surface area contributed by atoms with Gasteiger partial charge in [-0.05, 0) is 12.1 Å². The van der Waals surface area contributed by atoms with Gasteiger partial charge in [0.2, 0.25) is 0 Å². The second kappa shape index (κ2) is 8.17. The van der Waals surface area contributed by atoms with Crippen molar-refractivity contribution < 1.29 is 27.7 Å². The summed E-state index contributed by atoms with van der Waals surface area (Å²) in [5, 5.41) is 12.7. The molecule has 0 spiro atoms. The number of methoxy groups -OCH3 is 1. The molecule has 23 heavy (non-hydrogen) atoms. The topological polar surface area (TPSA) is 157 Å². The molecule has 1 rings (SSSR count). The first-order valence-electron chi connectivity index (χ1n) is 6.11. The average molecular weight is 346 g/mol. The molecule has 2 amide bonds. The van der Waals surface area contributed by atoms with Crippen molar-refractivity contribution in [3.05, 3.63) is 34.4 Å². The summed E-state index contributed by atoms with van der Waals surface area (Å²) in [5.74, 6) is -2.26. The Morgan fingerprint density at radius 2 is 1.83 bits per heavy atom. The number of nitro groups is 1. The van der Waals surface area contributed by atoms with Crippen molar-refractivity contribution in [3.8, 4) is 0 Å².